The minimum atomic E-state index is 0.802. The molecule has 4 nitrogen and oxygen atoms in total. The van der Waals surface area contributed by atoms with Crippen molar-refractivity contribution in [3.8, 4) is 78.7 Å². The van der Waals surface area contributed by atoms with Crippen LogP contribution in [0.2, 0.25) is 0 Å². The van der Waals surface area contributed by atoms with Crippen molar-refractivity contribution in [1.29, 1.82) is 0 Å². The molecule has 18 rings (SSSR count). The molecular weight excluding hydrogens is 1020 g/mol. The lowest BCUT2D eigenvalue weighted by Gasteiger charge is -2.15. The number of hydrogen-bond donors (Lipinski definition) is 0. The highest BCUT2D eigenvalue weighted by Crippen LogP contribution is 2.48. The fourth-order valence-electron chi connectivity index (χ4n) is 13.4. The average Bonchev–Trinajstić information content (AvgIpc) is 1.78. The van der Waals surface area contributed by atoms with Gasteiger partial charge in [-0.05, 0) is 171 Å². The molecule has 0 unspecified atom stereocenters. The summed E-state index contributed by atoms with van der Waals surface area (Å²) in [7, 11) is 0. The van der Waals surface area contributed by atoms with Crippen LogP contribution in [0.1, 0.15) is 0 Å². The maximum atomic E-state index is 7.19. The number of furan rings is 4. The summed E-state index contributed by atoms with van der Waals surface area (Å²) in [6.07, 6.45) is 0. The smallest absolute Gasteiger partial charge is 0.142 e. The first-order valence-electron chi connectivity index (χ1n) is 28.6. The zero-order valence-corrected chi connectivity index (χ0v) is 45.2. The van der Waals surface area contributed by atoms with Crippen molar-refractivity contribution in [2.75, 3.05) is 0 Å². The number of para-hydroxylation sites is 3. The molecular formula is C80H46O4. The van der Waals surface area contributed by atoms with E-state index in [1.54, 1.807) is 0 Å². The Morgan fingerprint density at radius 1 is 0.167 bits per heavy atom. The number of fused-ring (bicyclic) bond motifs is 14. The summed E-state index contributed by atoms with van der Waals surface area (Å²) < 4.78 is 27.5. The first kappa shape index (κ1) is 46.5. The predicted molar refractivity (Wildman–Crippen MR) is 349 cm³/mol. The fraction of sp³-hybridized carbons (Fsp3) is 0. The van der Waals surface area contributed by atoms with Crippen molar-refractivity contribution in [3.63, 3.8) is 0 Å². The lowest BCUT2D eigenvalue weighted by molar-refractivity contribution is 0.631. The zero-order valence-electron chi connectivity index (χ0n) is 45.2. The van der Waals surface area contributed by atoms with Crippen molar-refractivity contribution < 1.29 is 17.7 Å². The molecule has 84 heavy (non-hydrogen) atoms. The van der Waals surface area contributed by atoms with Gasteiger partial charge in [0.1, 0.15) is 45.4 Å². The van der Waals surface area contributed by atoms with Gasteiger partial charge >= 0.3 is 0 Å². The molecule has 0 N–H and O–H groups in total. The second-order valence-electron chi connectivity index (χ2n) is 22.2. The average molecular weight is 1070 g/mol. The highest BCUT2D eigenvalue weighted by atomic mass is 16.3. The summed E-state index contributed by atoms with van der Waals surface area (Å²) in [6.45, 7) is 0. The van der Waals surface area contributed by atoms with Gasteiger partial charge in [0.25, 0.3) is 0 Å². The highest BCUT2D eigenvalue weighted by Gasteiger charge is 2.23. The topological polar surface area (TPSA) is 52.6 Å². The summed E-state index contributed by atoms with van der Waals surface area (Å²) in [4.78, 5) is 0. The molecule has 0 amide bonds. The summed E-state index contributed by atoms with van der Waals surface area (Å²) in [5.41, 5.74) is 14.2. The van der Waals surface area contributed by atoms with Crippen LogP contribution in [-0.2, 0) is 0 Å². The maximum Gasteiger partial charge on any atom is 0.142 e. The van der Waals surface area contributed by atoms with Crippen LogP contribution in [-0.4, -0.2) is 0 Å². The van der Waals surface area contributed by atoms with Gasteiger partial charge in [-0.2, -0.15) is 0 Å². The van der Waals surface area contributed by atoms with Crippen molar-refractivity contribution >= 4 is 109 Å². The van der Waals surface area contributed by atoms with E-state index in [1.165, 1.54) is 5.56 Å². The van der Waals surface area contributed by atoms with Gasteiger partial charge in [0, 0.05) is 49.4 Å². The Hall–Kier alpha value is -11.2. The molecule has 0 spiro atoms. The largest absolute Gasteiger partial charge is 0.456 e. The molecule has 0 atom stereocenters. The normalized spacial score (nSPS) is 12.0. The van der Waals surface area contributed by atoms with Gasteiger partial charge in [-0.25, -0.2) is 0 Å². The standard InChI is InChI=1S/C80H46O4/c1-3-16-47(17-4-1)49-33-35-62-63(36-49)68-46-70(76-39-52-20-7-13-28-73(52)81-76)60-26-12-10-24-58(60)66(68)43-71(62)79-42-55-22-15-27-56(80(55)84-79)51-30-31-54-41-77(83-75(54)38-51)69-44-67-61-34-32-50(48-18-5-2-6-19-48)37-64(61)72(45-65(67)57-23-9-11-25-59(57)69)78-40-53-21-8-14-29-74(53)82-78/h1-46H. The maximum absolute atomic E-state index is 7.19. The van der Waals surface area contributed by atoms with E-state index >= 15 is 0 Å². The molecule has 0 aliphatic heterocycles. The van der Waals surface area contributed by atoms with E-state index in [0.717, 1.165) is 182 Å². The number of hydrogen-bond acceptors (Lipinski definition) is 4. The quantitative estimate of drug-likeness (QED) is 0.149. The molecule has 18 aromatic rings. The van der Waals surface area contributed by atoms with E-state index in [4.69, 9.17) is 17.7 Å². The van der Waals surface area contributed by atoms with Gasteiger partial charge < -0.3 is 17.7 Å². The zero-order chi connectivity index (χ0) is 55.0. The fourth-order valence-corrected chi connectivity index (χ4v) is 13.4. The molecule has 0 saturated heterocycles. The minimum absolute atomic E-state index is 0.802. The van der Waals surface area contributed by atoms with Crippen LogP contribution in [0, 0.1) is 0 Å². The van der Waals surface area contributed by atoms with Gasteiger partial charge in [-0.15, -0.1) is 0 Å². The molecule has 4 heteroatoms. The molecule has 0 aliphatic carbocycles. The lowest BCUT2D eigenvalue weighted by Crippen LogP contribution is -1.89. The molecule has 0 radical (unpaired) electrons. The van der Waals surface area contributed by atoms with E-state index in [0.29, 0.717) is 0 Å². The molecule has 4 aromatic heterocycles. The van der Waals surface area contributed by atoms with E-state index < -0.39 is 0 Å². The Bertz CT molecular complexity index is 5670. The Labute approximate surface area is 481 Å². The number of benzene rings is 14. The molecule has 0 saturated carbocycles. The third-order valence-corrected chi connectivity index (χ3v) is 17.5. The first-order valence-corrected chi connectivity index (χ1v) is 28.6. The summed E-state index contributed by atoms with van der Waals surface area (Å²) in [5, 5.41) is 17.9. The van der Waals surface area contributed by atoms with E-state index in [-0.39, 0.29) is 0 Å². The van der Waals surface area contributed by atoms with Gasteiger partial charge in [-0.1, -0.05) is 200 Å². The van der Waals surface area contributed by atoms with Crippen LogP contribution in [0.5, 0.6) is 0 Å². The van der Waals surface area contributed by atoms with Gasteiger partial charge in [-0.3, -0.25) is 0 Å². The summed E-state index contributed by atoms with van der Waals surface area (Å²) in [6, 6.07) is 99.8. The van der Waals surface area contributed by atoms with E-state index in [1.807, 2.05) is 24.3 Å². The minimum Gasteiger partial charge on any atom is -0.456 e. The highest BCUT2D eigenvalue weighted by molar-refractivity contribution is 6.26. The third-order valence-electron chi connectivity index (χ3n) is 17.5. The summed E-state index contributed by atoms with van der Waals surface area (Å²) >= 11 is 0. The number of rotatable bonds is 7. The monoisotopic (exact) mass is 1070 g/mol. The van der Waals surface area contributed by atoms with Crippen LogP contribution < -0.4 is 0 Å². The van der Waals surface area contributed by atoms with Crippen molar-refractivity contribution in [2.45, 2.75) is 0 Å². The SMILES string of the molecule is c1ccc(-c2ccc3c(c2)c(-c2cc4ccccc4o2)cc2c4ccccc4c(-c4cc5ccc(-c6cccc7cc(-c8cc9c%10ccccc%10c(-c%10cc%11ccccc%11o%10)cc9c9cc(-c%10ccccc%10)ccc89)oc67)cc5o4)cc32)cc1. The molecule has 4 heterocycles. The second-order valence-corrected chi connectivity index (χ2v) is 22.2. The van der Waals surface area contributed by atoms with Crippen molar-refractivity contribution in [1.82, 2.24) is 0 Å². The van der Waals surface area contributed by atoms with E-state index in [9.17, 15) is 0 Å². The Morgan fingerprint density at radius 3 is 1.12 bits per heavy atom. The van der Waals surface area contributed by atoms with Crippen LogP contribution in [0.25, 0.3) is 187 Å². The first-order chi connectivity index (χ1) is 41.6. The van der Waals surface area contributed by atoms with E-state index in [2.05, 4.69) is 255 Å². The van der Waals surface area contributed by atoms with Crippen LogP contribution in [0.3, 0.4) is 0 Å². The third kappa shape index (κ3) is 7.27. The van der Waals surface area contributed by atoms with Crippen LogP contribution in [0.4, 0.5) is 0 Å². The Balaban J connectivity index is 0.781. The molecule has 0 bridgehead atoms. The summed E-state index contributed by atoms with van der Waals surface area (Å²) in [5.74, 6) is 3.31. The van der Waals surface area contributed by atoms with Crippen LogP contribution in [0.15, 0.2) is 297 Å². The molecule has 14 aromatic carbocycles. The Kier molecular flexibility index (Phi) is 10.1. The molecule has 390 valence electrons. The Morgan fingerprint density at radius 2 is 0.548 bits per heavy atom. The lowest BCUT2D eigenvalue weighted by atomic mass is 9.88. The molecule has 0 fully saturated rings. The van der Waals surface area contributed by atoms with Crippen molar-refractivity contribution in [2.24, 2.45) is 0 Å². The predicted octanol–water partition coefficient (Wildman–Crippen LogP) is 23.3. The van der Waals surface area contributed by atoms with Crippen molar-refractivity contribution in [3.05, 3.63) is 279 Å². The second kappa shape index (κ2) is 18.2. The van der Waals surface area contributed by atoms with Gasteiger partial charge in [0.05, 0.1) is 0 Å². The molecule has 0 aliphatic rings. The van der Waals surface area contributed by atoms with Crippen LogP contribution >= 0.6 is 0 Å². The van der Waals surface area contributed by atoms with Gasteiger partial charge in [0.15, 0.2) is 0 Å². The van der Waals surface area contributed by atoms with Gasteiger partial charge in [0.2, 0.25) is 0 Å².